The molecule has 2 amide bonds. The standard InChI is InChI=1S/C19H17NO2S3.C17H22N2O5S.C17H21NO2S/c1-13-2-6-15(7-3-13)21-10-11-22-16-8-4-14(5-9-16)12-17-18(23)20-19(24)25-17;1-6-19(7-2)16(22)14-11(4)13(17(23)24-5)15(25-14)18-12(21)9-8-10(3)20;1-10(2)18-15-14(16(19)20-6)12-8-7-11(17(3,4)5)9-13(12)21-15/h2-9,12H,10-11H2,1H3,(H,20,23,24);8-9H,6-7H2,1-5H3,(H,18,21);7-9,18H,1H2,2-6H3/b17-12-;9-8+;. The van der Waals surface area contributed by atoms with E-state index < -0.39 is 11.9 Å². The van der Waals surface area contributed by atoms with Crippen molar-refractivity contribution in [1.29, 1.82) is 0 Å². The lowest BCUT2D eigenvalue weighted by molar-refractivity contribution is -0.114. The summed E-state index contributed by atoms with van der Waals surface area (Å²) in [6.07, 6.45) is 4.21. The smallest absolute Gasteiger partial charge is 0.341 e. The third kappa shape index (κ3) is 16.7. The predicted molar refractivity (Wildman–Crippen MR) is 299 cm³/mol. The number of thioether (sulfide) groups is 1. The summed E-state index contributed by atoms with van der Waals surface area (Å²) in [4.78, 5) is 63.3. The van der Waals surface area contributed by atoms with Crippen LogP contribution in [0.1, 0.15) is 101 Å². The first-order chi connectivity index (χ1) is 33.6. The van der Waals surface area contributed by atoms with E-state index in [1.807, 2.05) is 81.4 Å². The number of carbonyl (C=O) groups is 5. The number of benzene rings is 3. The van der Waals surface area contributed by atoms with E-state index >= 15 is 0 Å². The van der Waals surface area contributed by atoms with Gasteiger partial charge in [-0.15, -0.1) is 22.7 Å². The van der Waals surface area contributed by atoms with Gasteiger partial charge in [0.25, 0.3) is 5.91 Å². The number of nitrogens with one attached hydrogen (secondary N) is 3. The fourth-order valence-electron chi connectivity index (χ4n) is 6.49. The van der Waals surface area contributed by atoms with E-state index in [1.165, 1.54) is 44.0 Å². The third-order valence-corrected chi connectivity index (χ3v) is 14.1. The molecule has 0 aliphatic carbocycles. The molecule has 13 nitrogen and oxygen atoms in total. The van der Waals surface area contributed by atoms with Gasteiger partial charge in [0.05, 0.1) is 24.7 Å². The summed E-state index contributed by atoms with van der Waals surface area (Å²) in [7, 11) is 2.63. The third-order valence-electron chi connectivity index (χ3n) is 10.2. The average Bonchev–Trinajstić information content (AvgIpc) is 3.97. The minimum atomic E-state index is -0.641. The molecule has 3 heterocycles. The molecule has 1 aliphatic rings. The highest BCUT2D eigenvalue weighted by Gasteiger charge is 2.28. The Balaban J connectivity index is 0.000000232. The van der Waals surface area contributed by atoms with E-state index in [4.69, 9.17) is 43.4 Å². The van der Waals surface area contributed by atoms with Gasteiger partial charge in [0, 0.05) is 39.9 Å². The molecule has 0 saturated carbocycles. The number of hydrogen-bond acceptors (Lipinski definition) is 15. The summed E-state index contributed by atoms with van der Waals surface area (Å²) in [6.45, 7) is 23.0. The minimum absolute atomic E-state index is 0.0750. The Morgan fingerprint density at radius 1 is 0.775 bits per heavy atom. The molecule has 1 aliphatic heterocycles. The van der Waals surface area contributed by atoms with Gasteiger partial charge in [-0.05, 0) is 106 Å². The molecule has 71 heavy (non-hydrogen) atoms. The second kappa shape index (κ2) is 26.9. The summed E-state index contributed by atoms with van der Waals surface area (Å²) < 4.78 is 22.8. The van der Waals surface area contributed by atoms with Gasteiger partial charge in [0.2, 0.25) is 5.91 Å². The van der Waals surface area contributed by atoms with E-state index in [0.717, 1.165) is 66.2 Å². The van der Waals surface area contributed by atoms with Crippen LogP contribution in [0.5, 0.6) is 11.5 Å². The van der Waals surface area contributed by atoms with Crippen molar-refractivity contribution >= 4 is 124 Å². The zero-order valence-electron chi connectivity index (χ0n) is 41.8. The molecule has 6 rings (SSSR count). The number of carbonyl (C=O) groups excluding carboxylic acids is 5. The van der Waals surface area contributed by atoms with Crippen molar-refractivity contribution in [2.45, 2.75) is 67.7 Å². The number of rotatable bonds is 16. The van der Waals surface area contributed by atoms with Crippen LogP contribution >= 0.6 is 58.9 Å². The molecule has 18 heteroatoms. The van der Waals surface area contributed by atoms with Gasteiger partial charge >= 0.3 is 11.9 Å². The molecule has 2 aromatic heterocycles. The molecule has 1 fully saturated rings. The Morgan fingerprint density at radius 3 is 1.85 bits per heavy atom. The molecule has 0 radical (unpaired) electrons. The first-order valence-electron chi connectivity index (χ1n) is 22.4. The van der Waals surface area contributed by atoms with Crippen LogP contribution in [0.25, 0.3) is 16.2 Å². The Hall–Kier alpha value is -6.18. The van der Waals surface area contributed by atoms with Crippen LogP contribution in [0.4, 0.5) is 10.0 Å². The quantitative estimate of drug-likeness (QED) is 0.0370. The Kier molecular flexibility index (Phi) is 21.7. The fourth-order valence-corrected chi connectivity index (χ4v) is 10.3. The number of thiocarbonyl (C=S) groups is 2. The van der Waals surface area contributed by atoms with E-state index in [-0.39, 0.29) is 33.6 Å². The highest BCUT2D eigenvalue weighted by molar-refractivity contribution is 8.27. The minimum Gasteiger partial charge on any atom is -0.490 e. The number of allylic oxidation sites excluding steroid dienone is 2. The van der Waals surface area contributed by atoms with Gasteiger partial charge in [-0.3, -0.25) is 14.4 Å². The normalized spacial score (nSPS) is 12.5. The SMILES string of the molecule is C=C(C)Nc1sc2cc(C(C)(C)C)ccc2c1C(=O)OC.CCN(CC)C(=O)c1sc(NC(=O)/C=C/C(C)=O)c(C(=O)OC)c1C.Cc1ccc(OCCOc2ccc(/C=C3\SC(=S)NC3=S)cc2)cc1. The van der Waals surface area contributed by atoms with Gasteiger partial charge in [0.15, 0.2) is 5.78 Å². The zero-order chi connectivity index (χ0) is 52.6. The van der Waals surface area contributed by atoms with Gasteiger partial charge in [-0.1, -0.05) is 106 Å². The van der Waals surface area contributed by atoms with Crippen LogP contribution in [0.15, 0.2) is 96.1 Å². The van der Waals surface area contributed by atoms with Crippen LogP contribution < -0.4 is 25.4 Å². The van der Waals surface area contributed by atoms with Crippen molar-refractivity contribution in [2.24, 2.45) is 0 Å². The highest BCUT2D eigenvalue weighted by atomic mass is 32.2. The van der Waals surface area contributed by atoms with Crippen molar-refractivity contribution < 1.29 is 42.9 Å². The van der Waals surface area contributed by atoms with Crippen LogP contribution in [0.2, 0.25) is 0 Å². The number of fused-ring (bicyclic) bond motifs is 1. The second-order valence-corrected chi connectivity index (χ2v) is 21.0. The Labute approximate surface area is 439 Å². The second-order valence-electron chi connectivity index (χ2n) is 16.8. The highest BCUT2D eigenvalue weighted by Crippen LogP contribution is 2.39. The molecule has 376 valence electrons. The molecule has 0 bridgehead atoms. The molecule has 3 aromatic carbocycles. The van der Waals surface area contributed by atoms with Crippen LogP contribution in [0.3, 0.4) is 0 Å². The first kappa shape index (κ1) is 57.4. The van der Waals surface area contributed by atoms with Gasteiger partial charge in [-0.25, -0.2) is 9.59 Å². The molecule has 1 saturated heterocycles. The molecular weight excluding hydrogens is 997 g/mol. The molecule has 3 N–H and O–H groups in total. The lowest BCUT2D eigenvalue weighted by Gasteiger charge is -2.18. The number of methoxy groups -OCH3 is 2. The predicted octanol–water partition coefficient (Wildman–Crippen LogP) is 12.1. The number of amides is 2. The van der Waals surface area contributed by atoms with E-state index in [2.05, 4.69) is 62.4 Å². The fraction of sp³-hybridized carbons (Fsp3) is 0.302. The largest absolute Gasteiger partial charge is 0.490 e. The van der Waals surface area contributed by atoms with Crippen molar-refractivity contribution in [2.75, 3.05) is 51.2 Å². The maximum absolute atomic E-state index is 12.6. The average molecular weight is 1060 g/mol. The molecule has 0 spiro atoms. The number of aryl methyl sites for hydroxylation is 1. The van der Waals surface area contributed by atoms with E-state index in [9.17, 15) is 24.0 Å². The Bertz CT molecular complexity index is 2830. The zero-order valence-corrected chi connectivity index (χ0v) is 45.9. The number of hydrogen-bond donors (Lipinski definition) is 3. The number of thiophene rings is 2. The first-order valence-corrected chi connectivity index (χ1v) is 25.6. The number of anilines is 2. The number of esters is 2. The topological polar surface area (TPSA) is 162 Å². The van der Waals surface area contributed by atoms with Gasteiger partial charge in [-0.2, -0.15) is 0 Å². The maximum atomic E-state index is 12.6. The Morgan fingerprint density at radius 2 is 1.34 bits per heavy atom. The molecule has 0 atom stereocenters. The lowest BCUT2D eigenvalue weighted by atomic mass is 9.87. The summed E-state index contributed by atoms with van der Waals surface area (Å²) >= 11 is 14.4. The van der Waals surface area contributed by atoms with Crippen molar-refractivity contribution in [3.63, 3.8) is 0 Å². The van der Waals surface area contributed by atoms with E-state index in [1.54, 1.807) is 23.2 Å². The van der Waals surface area contributed by atoms with Crippen LogP contribution in [-0.2, 0) is 24.5 Å². The summed E-state index contributed by atoms with van der Waals surface area (Å²) in [5.41, 5.74) is 5.57. The van der Waals surface area contributed by atoms with Crippen LogP contribution in [0, 0.1) is 13.8 Å². The van der Waals surface area contributed by atoms with Gasteiger partial charge in [0.1, 0.15) is 49.6 Å². The van der Waals surface area contributed by atoms with Crippen LogP contribution in [-0.4, -0.2) is 84.3 Å². The van der Waals surface area contributed by atoms with Crippen molar-refractivity contribution in [3.8, 4) is 11.5 Å². The summed E-state index contributed by atoms with van der Waals surface area (Å²) in [6, 6.07) is 22.1. The van der Waals surface area contributed by atoms with E-state index in [0.29, 0.717) is 51.6 Å². The lowest BCUT2D eigenvalue weighted by Crippen LogP contribution is -2.30. The number of ketones is 1. The molecular formula is C53H60N4O9S5. The monoisotopic (exact) mass is 1060 g/mol. The summed E-state index contributed by atoms with van der Waals surface area (Å²) in [5.74, 6) is -0.353. The number of ether oxygens (including phenoxy) is 4. The van der Waals surface area contributed by atoms with Gasteiger partial charge < -0.3 is 39.8 Å². The molecule has 0 unspecified atom stereocenters. The van der Waals surface area contributed by atoms with Crippen molar-refractivity contribution in [1.82, 2.24) is 10.2 Å². The molecule has 5 aromatic rings. The number of nitrogens with zero attached hydrogens (tertiary/aromatic N) is 1. The summed E-state index contributed by atoms with van der Waals surface area (Å²) in [5, 5.41) is 10.6. The maximum Gasteiger partial charge on any atom is 0.341 e. The van der Waals surface area contributed by atoms with Crippen molar-refractivity contribution in [3.05, 3.63) is 134 Å².